The van der Waals surface area contributed by atoms with E-state index < -0.39 is 0 Å². The van der Waals surface area contributed by atoms with E-state index in [0.717, 1.165) is 30.0 Å². The summed E-state index contributed by atoms with van der Waals surface area (Å²) in [6.07, 6.45) is 6.31. The van der Waals surface area contributed by atoms with Crippen LogP contribution < -0.4 is 10.2 Å². The molecule has 0 bridgehead atoms. The van der Waals surface area contributed by atoms with Crippen LogP contribution >= 0.6 is 0 Å². The molecule has 0 fully saturated rings. The normalized spacial score (nSPS) is 11.7. The van der Waals surface area contributed by atoms with Gasteiger partial charge in [0.2, 0.25) is 5.95 Å². The van der Waals surface area contributed by atoms with Crippen molar-refractivity contribution in [3.8, 4) is 0 Å². The average Bonchev–Trinajstić information content (AvgIpc) is 3.14. The predicted octanol–water partition coefficient (Wildman–Crippen LogP) is 4.79. The van der Waals surface area contributed by atoms with Crippen LogP contribution in [-0.4, -0.2) is 38.1 Å². The summed E-state index contributed by atoms with van der Waals surface area (Å²) in [5, 5.41) is 3.58. The second-order valence-corrected chi connectivity index (χ2v) is 9.33. The minimum atomic E-state index is 0.0655. The lowest BCUT2D eigenvalue weighted by molar-refractivity contribution is 0.590. The monoisotopic (exact) mass is 429 g/mol. The van der Waals surface area contributed by atoms with Gasteiger partial charge in [-0.25, -0.2) is 4.98 Å². The third kappa shape index (κ3) is 4.56. The Kier molecular flexibility index (Phi) is 5.82. The molecule has 32 heavy (non-hydrogen) atoms. The van der Waals surface area contributed by atoms with Gasteiger partial charge in [-0.05, 0) is 53.6 Å². The van der Waals surface area contributed by atoms with Gasteiger partial charge in [-0.3, -0.25) is 4.98 Å². The molecule has 0 spiro atoms. The summed E-state index contributed by atoms with van der Waals surface area (Å²) in [6.45, 7) is 9.57. The zero-order valence-corrected chi connectivity index (χ0v) is 19.7. The van der Waals surface area contributed by atoms with Crippen molar-refractivity contribution in [1.29, 1.82) is 0 Å². The van der Waals surface area contributed by atoms with Gasteiger partial charge in [0.05, 0.1) is 6.33 Å². The summed E-state index contributed by atoms with van der Waals surface area (Å²) >= 11 is 0. The number of aromatic nitrogens is 5. The smallest absolute Gasteiger partial charge is 0.229 e. The molecule has 1 aromatic carbocycles. The van der Waals surface area contributed by atoms with Crippen LogP contribution in [0.3, 0.4) is 0 Å². The molecular weight excluding hydrogens is 398 g/mol. The van der Waals surface area contributed by atoms with Gasteiger partial charge in [-0.1, -0.05) is 32.9 Å². The Bertz CT molecular complexity index is 1220. The Morgan fingerprint density at radius 1 is 1.06 bits per heavy atom. The maximum Gasteiger partial charge on any atom is 0.229 e. The number of fused-ring (bicyclic) bond motifs is 1. The fraction of sp³-hybridized carbons (Fsp3) is 0.360. The largest absolute Gasteiger partial charge is 0.343 e. The van der Waals surface area contributed by atoms with Crippen LogP contribution in [0.4, 0.5) is 17.5 Å². The molecule has 166 valence electrons. The Labute approximate surface area is 189 Å². The molecule has 1 N–H and O–H groups in total. The number of nitrogens with zero attached hydrogens (tertiary/aromatic N) is 6. The molecule has 0 aliphatic rings. The van der Waals surface area contributed by atoms with E-state index in [1.807, 2.05) is 43.2 Å². The highest BCUT2D eigenvalue weighted by Crippen LogP contribution is 2.31. The van der Waals surface area contributed by atoms with Crippen LogP contribution in [0.5, 0.6) is 0 Å². The molecule has 0 atom stereocenters. The van der Waals surface area contributed by atoms with E-state index in [-0.39, 0.29) is 5.41 Å². The van der Waals surface area contributed by atoms with Crippen LogP contribution in [0, 0.1) is 6.92 Å². The second kappa shape index (κ2) is 8.57. The quantitative estimate of drug-likeness (QED) is 0.475. The molecule has 0 radical (unpaired) electrons. The number of nitrogens with one attached hydrogen (secondary N) is 1. The first-order chi connectivity index (χ1) is 15.2. The zero-order valence-electron chi connectivity index (χ0n) is 19.7. The highest BCUT2D eigenvalue weighted by molar-refractivity contribution is 5.87. The SMILES string of the molecule is Cc1ccc(C(C)(C)C)cc1Nc1nc(N(C)CCc2ccncc2)nc2ncn(C)c12. The first kappa shape index (κ1) is 21.7. The molecule has 0 saturated carbocycles. The molecule has 3 heterocycles. The number of hydrogen-bond donors (Lipinski definition) is 1. The van der Waals surface area contributed by atoms with Crippen molar-refractivity contribution < 1.29 is 0 Å². The van der Waals surface area contributed by atoms with Gasteiger partial charge in [0, 0.05) is 38.7 Å². The van der Waals surface area contributed by atoms with Gasteiger partial charge in [-0.2, -0.15) is 9.97 Å². The Morgan fingerprint density at radius 2 is 1.81 bits per heavy atom. The van der Waals surface area contributed by atoms with Gasteiger partial charge >= 0.3 is 0 Å². The molecule has 0 amide bonds. The van der Waals surface area contributed by atoms with Gasteiger partial charge in [0.25, 0.3) is 0 Å². The van der Waals surface area contributed by atoms with Crippen molar-refractivity contribution in [2.75, 3.05) is 23.8 Å². The standard InChI is InChI=1S/C25H31N7/c1-17-7-8-19(25(2,3)4)15-20(17)28-23-21-22(27-16-32(21)6)29-24(30-23)31(5)14-11-18-9-12-26-13-10-18/h7-10,12-13,15-16H,11,14H2,1-6H3,(H,28,29,30). The van der Waals surface area contributed by atoms with Crippen LogP contribution in [0.15, 0.2) is 49.1 Å². The van der Waals surface area contributed by atoms with Gasteiger partial charge in [-0.15, -0.1) is 0 Å². The molecule has 3 aromatic heterocycles. The van der Waals surface area contributed by atoms with Crippen LogP contribution in [0.25, 0.3) is 11.2 Å². The third-order valence-electron chi connectivity index (χ3n) is 5.74. The highest BCUT2D eigenvalue weighted by Gasteiger charge is 2.18. The van der Waals surface area contributed by atoms with Crippen molar-refractivity contribution >= 4 is 28.6 Å². The minimum Gasteiger partial charge on any atom is -0.343 e. The molecule has 4 rings (SSSR count). The lowest BCUT2D eigenvalue weighted by Gasteiger charge is -2.22. The van der Waals surface area contributed by atoms with Crippen molar-refractivity contribution in [2.24, 2.45) is 7.05 Å². The number of anilines is 3. The van der Waals surface area contributed by atoms with E-state index in [9.17, 15) is 0 Å². The van der Waals surface area contributed by atoms with E-state index in [2.05, 4.69) is 66.1 Å². The summed E-state index contributed by atoms with van der Waals surface area (Å²) in [4.78, 5) is 20.3. The summed E-state index contributed by atoms with van der Waals surface area (Å²) in [7, 11) is 3.98. The summed E-state index contributed by atoms with van der Waals surface area (Å²) in [6, 6.07) is 10.6. The van der Waals surface area contributed by atoms with Crippen molar-refractivity contribution in [1.82, 2.24) is 24.5 Å². The molecule has 4 aromatic rings. The molecular formula is C25H31N7. The third-order valence-corrected chi connectivity index (χ3v) is 5.74. The minimum absolute atomic E-state index is 0.0655. The molecule has 0 aliphatic heterocycles. The van der Waals surface area contributed by atoms with Crippen molar-refractivity contribution in [3.05, 3.63) is 65.7 Å². The number of hydrogen-bond acceptors (Lipinski definition) is 6. The Hall–Kier alpha value is -3.48. The maximum atomic E-state index is 4.90. The number of likely N-dealkylation sites (N-methyl/N-ethyl adjacent to an activating group) is 1. The van der Waals surface area contributed by atoms with Crippen LogP contribution in [0.1, 0.15) is 37.5 Å². The number of rotatable bonds is 6. The van der Waals surface area contributed by atoms with Gasteiger partial charge < -0.3 is 14.8 Å². The lowest BCUT2D eigenvalue weighted by atomic mass is 9.86. The molecule has 0 aliphatic carbocycles. The topological polar surface area (TPSA) is 71.8 Å². The molecule has 0 unspecified atom stereocenters. The van der Waals surface area contributed by atoms with Gasteiger partial charge in [0.15, 0.2) is 11.5 Å². The van der Waals surface area contributed by atoms with E-state index >= 15 is 0 Å². The highest BCUT2D eigenvalue weighted by atomic mass is 15.3. The molecule has 0 saturated heterocycles. The number of pyridine rings is 1. The van der Waals surface area contributed by atoms with E-state index in [1.54, 1.807) is 6.33 Å². The fourth-order valence-electron chi connectivity index (χ4n) is 3.60. The average molecular weight is 430 g/mol. The first-order valence-electron chi connectivity index (χ1n) is 10.9. The predicted molar refractivity (Wildman–Crippen MR) is 131 cm³/mol. The van der Waals surface area contributed by atoms with Crippen LogP contribution in [0.2, 0.25) is 0 Å². The van der Waals surface area contributed by atoms with Gasteiger partial charge in [0.1, 0.15) is 5.52 Å². The Balaban J connectivity index is 1.68. The summed E-state index contributed by atoms with van der Waals surface area (Å²) < 4.78 is 1.96. The lowest BCUT2D eigenvalue weighted by Crippen LogP contribution is -2.23. The fourth-order valence-corrected chi connectivity index (χ4v) is 3.60. The molecule has 7 heteroatoms. The summed E-state index contributed by atoms with van der Waals surface area (Å²) in [5.41, 5.74) is 6.35. The van der Waals surface area contributed by atoms with Crippen LogP contribution in [-0.2, 0) is 18.9 Å². The second-order valence-electron chi connectivity index (χ2n) is 9.33. The number of imidazole rings is 1. The Morgan fingerprint density at radius 3 is 2.53 bits per heavy atom. The van der Waals surface area contributed by atoms with Crippen molar-refractivity contribution in [2.45, 2.75) is 39.5 Å². The first-order valence-corrected chi connectivity index (χ1v) is 10.9. The van der Waals surface area contributed by atoms with E-state index in [1.165, 1.54) is 16.7 Å². The molecule has 7 nitrogen and oxygen atoms in total. The number of aryl methyl sites for hydroxylation is 2. The zero-order chi connectivity index (χ0) is 22.9. The summed E-state index contributed by atoms with van der Waals surface area (Å²) in [5.74, 6) is 1.41. The number of benzene rings is 1. The van der Waals surface area contributed by atoms with Crippen molar-refractivity contribution in [3.63, 3.8) is 0 Å². The maximum absolute atomic E-state index is 4.90. The van der Waals surface area contributed by atoms with E-state index in [4.69, 9.17) is 9.97 Å². The van der Waals surface area contributed by atoms with E-state index in [0.29, 0.717) is 11.6 Å².